The first-order chi connectivity index (χ1) is 23.7. The van der Waals surface area contributed by atoms with E-state index in [9.17, 15) is 35.9 Å². The van der Waals surface area contributed by atoms with Crippen LogP contribution >= 0.6 is 0 Å². The summed E-state index contributed by atoms with van der Waals surface area (Å²) in [5.41, 5.74) is -3.68. The highest BCUT2D eigenvalue weighted by atomic mass is 19.4. The number of carbonyl (C=O) groups is 2. The maximum absolute atomic E-state index is 13.8. The number of allylic oxidation sites excluding steroid dienone is 1. The number of rotatable bonds is 9. The molecule has 2 amide bonds. The number of dihydropyridines is 1. The Bertz CT molecular complexity index is 1730. The van der Waals surface area contributed by atoms with Crippen molar-refractivity contribution in [2.75, 3.05) is 25.1 Å². The summed E-state index contributed by atoms with van der Waals surface area (Å²) >= 11 is 0. The van der Waals surface area contributed by atoms with Gasteiger partial charge in [0.2, 0.25) is 11.9 Å². The first-order valence-corrected chi connectivity index (χ1v) is 17.0. The number of halogens is 6. The molecule has 1 spiro atoms. The Balaban J connectivity index is 1.31. The van der Waals surface area contributed by atoms with Crippen molar-refractivity contribution < 1.29 is 40.7 Å². The van der Waals surface area contributed by atoms with Crippen LogP contribution in [0, 0.1) is 22.7 Å². The average Bonchev–Trinajstić information content (AvgIpc) is 3.92. The van der Waals surface area contributed by atoms with Crippen molar-refractivity contribution in [3.8, 4) is 0 Å². The molecular formula is C36H42F6N6O3. The molecule has 1 N–H and O–H groups in total. The largest absolute Gasteiger partial charge is 0.448 e. The highest BCUT2D eigenvalue weighted by Gasteiger charge is 2.66. The molecule has 6 unspecified atom stereocenters. The van der Waals surface area contributed by atoms with Gasteiger partial charge >= 0.3 is 18.4 Å². The highest BCUT2D eigenvalue weighted by Crippen LogP contribution is 2.61. The monoisotopic (exact) mass is 720 g/mol. The summed E-state index contributed by atoms with van der Waals surface area (Å²) < 4.78 is 88.7. The normalized spacial score (nSPS) is 28.3. The van der Waals surface area contributed by atoms with Crippen LogP contribution in [0.5, 0.6) is 0 Å². The number of aromatic nitrogens is 2. The standard InChI is InChI=1S/C36H42F6N6O3/c1-7-33(5)17-34(18-48(33)31(50)51-19-32(3,4)29(49)43-6)12-27(34)47(16-21-8-24(35(37,38)39)11-25(9-21)36(40,41)42)30-45-14-23(15-46-30)22-10-26-20(2)28(26)44-13-22/h8-11,13-15,20,26-28H,7,12,16-19H2,1-6H3,(H,43,49). The fourth-order valence-electron chi connectivity index (χ4n) is 7.66. The molecule has 2 saturated carbocycles. The maximum atomic E-state index is 13.8. The Morgan fingerprint density at radius 2 is 1.69 bits per heavy atom. The minimum Gasteiger partial charge on any atom is -0.448 e. The second-order valence-electron chi connectivity index (χ2n) is 15.4. The number of likely N-dealkylation sites (tertiary alicyclic amines) is 1. The van der Waals surface area contributed by atoms with Gasteiger partial charge in [0.1, 0.15) is 6.61 Å². The summed E-state index contributed by atoms with van der Waals surface area (Å²) in [5, 5.41) is 2.56. The van der Waals surface area contributed by atoms with Crippen molar-refractivity contribution in [2.24, 2.45) is 27.7 Å². The summed E-state index contributed by atoms with van der Waals surface area (Å²) in [6, 6.07) is 1.42. The van der Waals surface area contributed by atoms with Crippen LogP contribution in [0.1, 0.15) is 76.1 Å². The lowest BCUT2D eigenvalue weighted by atomic mass is 9.89. The van der Waals surface area contributed by atoms with Crippen molar-refractivity contribution in [1.82, 2.24) is 20.2 Å². The third-order valence-electron chi connectivity index (χ3n) is 11.1. The van der Waals surface area contributed by atoms with E-state index < -0.39 is 52.0 Å². The number of fused-ring (bicyclic) bond motifs is 1. The van der Waals surface area contributed by atoms with Crippen molar-refractivity contribution in [1.29, 1.82) is 0 Å². The van der Waals surface area contributed by atoms with Gasteiger partial charge in [0.05, 0.1) is 22.6 Å². The Kier molecular flexibility index (Phi) is 8.98. The van der Waals surface area contributed by atoms with Gasteiger partial charge in [-0.1, -0.05) is 19.9 Å². The average molecular weight is 721 g/mol. The molecule has 0 bridgehead atoms. The van der Waals surface area contributed by atoms with E-state index in [1.165, 1.54) is 7.05 Å². The van der Waals surface area contributed by atoms with Crippen molar-refractivity contribution in [3.05, 3.63) is 58.9 Å². The summed E-state index contributed by atoms with van der Waals surface area (Å²) in [4.78, 5) is 42.8. The van der Waals surface area contributed by atoms with Crippen molar-refractivity contribution >= 4 is 29.7 Å². The van der Waals surface area contributed by atoms with E-state index in [0.29, 0.717) is 36.7 Å². The number of ether oxygens (including phenoxy) is 1. The summed E-state index contributed by atoms with van der Waals surface area (Å²) in [7, 11) is 1.49. The molecule has 6 rings (SSSR count). The number of amides is 2. The highest BCUT2D eigenvalue weighted by molar-refractivity contribution is 6.10. The fourth-order valence-corrected chi connectivity index (χ4v) is 7.66. The van der Waals surface area contributed by atoms with Gasteiger partial charge < -0.3 is 19.9 Å². The zero-order valence-electron chi connectivity index (χ0n) is 29.3. The SMILES string of the molecule is CCC1(C)CC2(CC2N(Cc2cc(C(F)(F)F)cc(C(F)(F)F)c2)c2ncc(C3=CC4C(C)C4N=C3)cn2)CN1C(=O)OCC(C)(C)C(=O)NC. The lowest BCUT2D eigenvalue weighted by Gasteiger charge is -2.34. The van der Waals surface area contributed by atoms with Gasteiger partial charge in [-0.05, 0) is 75.3 Å². The van der Waals surface area contributed by atoms with Gasteiger partial charge in [-0.3, -0.25) is 9.79 Å². The second-order valence-corrected chi connectivity index (χ2v) is 15.4. The topological polar surface area (TPSA) is 100 Å². The van der Waals surface area contributed by atoms with E-state index in [1.807, 2.05) is 13.8 Å². The Morgan fingerprint density at radius 3 is 2.24 bits per heavy atom. The van der Waals surface area contributed by atoms with E-state index in [0.717, 1.165) is 17.7 Å². The van der Waals surface area contributed by atoms with E-state index in [2.05, 4.69) is 33.3 Å². The third kappa shape index (κ3) is 7.04. The molecule has 15 heteroatoms. The van der Waals surface area contributed by atoms with E-state index >= 15 is 0 Å². The molecule has 6 atom stereocenters. The first-order valence-electron chi connectivity index (χ1n) is 17.0. The number of anilines is 1. The zero-order valence-corrected chi connectivity index (χ0v) is 29.3. The molecule has 1 aromatic heterocycles. The number of hydrogen-bond acceptors (Lipinski definition) is 7. The van der Waals surface area contributed by atoms with E-state index in [-0.39, 0.29) is 49.2 Å². The van der Waals surface area contributed by atoms with Crippen LogP contribution < -0.4 is 10.2 Å². The first kappa shape index (κ1) is 36.6. The van der Waals surface area contributed by atoms with E-state index in [4.69, 9.17) is 4.74 Å². The van der Waals surface area contributed by atoms with Crippen LogP contribution in [0.25, 0.3) is 5.57 Å². The van der Waals surface area contributed by atoms with Gasteiger partial charge in [0.25, 0.3) is 0 Å². The van der Waals surface area contributed by atoms with Crippen LogP contribution in [-0.2, 0) is 28.4 Å². The molecule has 1 aromatic carbocycles. The quantitative estimate of drug-likeness (QED) is 0.276. The maximum Gasteiger partial charge on any atom is 0.416 e. The van der Waals surface area contributed by atoms with Crippen molar-refractivity contribution in [2.45, 2.75) is 90.4 Å². The second kappa shape index (κ2) is 12.5. The molecule has 3 fully saturated rings. The third-order valence-corrected chi connectivity index (χ3v) is 11.1. The number of nitrogens with zero attached hydrogens (tertiary/aromatic N) is 5. The zero-order chi connectivity index (χ0) is 37.3. The summed E-state index contributed by atoms with van der Waals surface area (Å²) in [6.07, 6.45) is -2.00. The molecule has 51 heavy (non-hydrogen) atoms. The molecule has 276 valence electrons. The molecule has 0 radical (unpaired) electrons. The smallest absolute Gasteiger partial charge is 0.416 e. The lowest BCUT2D eigenvalue weighted by molar-refractivity contribution is -0.143. The predicted octanol–water partition coefficient (Wildman–Crippen LogP) is 7.17. The Labute approximate surface area is 292 Å². The predicted molar refractivity (Wildman–Crippen MR) is 178 cm³/mol. The summed E-state index contributed by atoms with van der Waals surface area (Å²) in [5.74, 6) is 0.617. The number of nitrogens with one attached hydrogen (secondary N) is 1. The molecule has 1 saturated heterocycles. The molecule has 2 aliphatic carbocycles. The van der Waals surface area contributed by atoms with E-state index in [1.54, 1.807) is 42.3 Å². The Morgan fingerprint density at radius 1 is 1.06 bits per heavy atom. The lowest BCUT2D eigenvalue weighted by Crippen LogP contribution is -2.46. The number of alkyl halides is 6. The fraction of sp³-hybridized carbons (Fsp3) is 0.583. The molecule has 3 heterocycles. The van der Waals surface area contributed by atoms with Crippen LogP contribution in [0.3, 0.4) is 0 Å². The molecule has 2 aromatic rings. The van der Waals surface area contributed by atoms with Gasteiger partial charge in [-0.15, -0.1) is 0 Å². The van der Waals surface area contributed by atoms with Gasteiger partial charge in [0, 0.05) is 67.2 Å². The number of hydrogen-bond donors (Lipinski definition) is 1. The van der Waals surface area contributed by atoms with Crippen LogP contribution in [-0.4, -0.2) is 70.9 Å². The van der Waals surface area contributed by atoms with Gasteiger partial charge in [-0.25, -0.2) is 14.8 Å². The minimum absolute atomic E-state index is 0.112. The number of carbonyl (C=O) groups excluding carboxylic acids is 2. The van der Waals surface area contributed by atoms with Crippen LogP contribution in [0.4, 0.5) is 37.1 Å². The number of aliphatic imine (C=N–C) groups is 1. The Hall–Kier alpha value is -4.17. The molecule has 2 aliphatic heterocycles. The minimum atomic E-state index is -5.01. The molecule has 9 nitrogen and oxygen atoms in total. The van der Waals surface area contributed by atoms with Crippen LogP contribution in [0.15, 0.2) is 41.7 Å². The van der Waals surface area contributed by atoms with Gasteiger partial charge in [-0.2, -0.15) is 26.3 Å². The molecule has 4 aliphatic rings. The summed E-state index contributed by atoms with van der Waals surface area (Å²) in [6.45, 7) is 9.01. The number of benzene rings is 1. The molecular weight excluding hydrogens is 678 g/mol. The van der Waals surface area contributed by atoms with Crippen molar-refractivity contribution in [3.63, 3.8) is 0 Å². The van der Waals surface area contributed by atoms with Gasteiger partial charge in [0.15, 0.2) is 0 Å². The van der Waals surface area contributed by atoms with Crippen LogP contribution in [0.2, 0.25) is 0 Å².